The maximum Gasteiger partial charge on any atom is 0.266 e. The summed E-state index contributed by atoms with van der Waals surface area (Å²) in [6, 6.07) is 18.1. The lowest BCUT2D eigenvalue weighted by molar-refractivity contribution is 0.0951. The first-order chi connectivity index (χ1) is 13.6. The maximum absolute atomic E-state index is 12.2. The molecule has 0 aliphatic rings. The van der Waals surface area contributed by atoms with E-state index in [0.717, 1.165) is 16.9 Å². The third kappa shape index (κ3) is 4.85. The van der Waals surface area contributed by atoms with Crippen LogP contribution in [0.2, 0.25) is 0 Å². The first-order valence-electron chi connectivity index (χ1n) is 9.23. The minimum absolute atomic E-state index is 0.167. The number of hydrogen-bond donors (Lipinski definition) is 1. The zero-order valence-electron chi connectivity index (χ0n) is 16.0. The second-order valence-corrected chi connectivity index (χ2v) is 6.36. The Hall–Kier alpha value is -3.41. The van der Waals surface area contributed by atoms with E-state index >= 15 is 0 Å². The number of aryl methyl sites for hydroxylation is 1. The molecule has 144 valence electrons. The van der Waals surface area contributed by atoms with Gasteiger partial charge in [-0.2, -0.15) is 5.10 Å². The largest absolute Gasteiger partial charge is 0.494 e. The molecule has 0 aliphatic heterocycles. The third-order valence-corrected chi connectivity index (χ3v) is 4.22. The minimum atomic E-state index is -0.209. The highest BCUT2D eigenvalue weighted by molar-refractivity contribution is 5.94. The van der Waals surface area contributed by atoms with Crippen molar-refractivity contribution in [1.29, 1.82) is 0 Å². The predicted molar refractivity (Wildman–Crippen MR) is 109 cm³/mol. The number of benzene rings is 2. The van der Waals surface area contributed by atoms with Gasteiger partial charge in [-0.25, -0.2) is 4.68 Å². The summed E-state index contributed by atoms with van der Waals surface area (Å²) in [5, 5.41) is 7.24. The average Bonchev–Trinajstić information content (AvgIpc) is 2.70. The summed E-state index contributed by atoms with van der Waals surface area (Å²) < 4.78 is 6.81. The van der Waals surface area contributed by atoms with Crippen molar-refractivity contribution in [2.75, 3.05) is 13.2 Å². The van der Waals surface area contributed by atoms with E-state index < -0.39 is 0 Å². The second kappa shape index (κ2) is 8.99. The smallest absolute Gasteiger partial charge is 0.266 e. The summed E-state index contributed by atoms with van der Waals surface area (Å²) >= 11 is 0. The Morgan fingerprint density at radius 1 is 1.11 bits per heavy atom. The topological polar surface area (TPSA) is 73.2 Å². The van der Waals surface area contributed by atoms with Gasteiger partial charge in [-0.3, -0.25) is 9.59 Å². The van der Waals surface area contributed by atoms with Gasteiger partial charge in [0.1, 0.15) is 5.75 Å². The molecular formula is C22H23N3O3. The molecular weight excluding hydrogens is 354 g/mol. The van der Waals surface area contributed by atoms with Crippen LogP contribution >= 0.6 is 0 Å². The van der Waals surface area contributed by atoms with Crippen molar-refractivity contribution in [2.24, 2.45) is 0 Å². The number of hydrogen-bond acceptors (Lipinski definition) is 4. The number of amides is 1. The van der Waals surface area contributed by atoms with Gasteiger partial charge in [-0.15, -0.1) is 0 Å². The zero-order chi connectivity index (χ0) is 19.9. The quantitative estimate of drug-likeness (QED) is 0.687. The lowest BCUT2D eigenvalue weighted by atomic mass is 10.1. The molecule has 3 rings (SSSR count). The lowest BCUT2D eigenvalue weighted by Crippen LogP contribution is -2.32. The Bertz CT molecular complexity index is 1010. The van der Waals surface area contributed by atoms with E-state index in [1.807, 2.05) is 56.3 Å². The molecule has 1 heterocycles. The number of nitrogens with zero attached hydrogens (tertiary/aromatic N) is 2. The predicted octanol–water partition coefficient (Wildman–Crippen LogP) is 3.05. The maximum atomic E-state index is 12.2. The Morgan fingerprint density at radius 2 is 1.89 bits per heavy atom. The molecule has 0 saturated carbocycles. The molecule has 0 saturated heterocycles. The monoisotopic (exact) mass is 377 g/mol. The number of carbonyl (C=O) groups excluding carboxylic acids is 1. The fourth-order valence-electron chi connectivity index (χ4n) is 2.82. The van der Waals surface area contributed by atoms with Crippen LogP contribution in [0, 0.1) is 6.92 Å². The summed E-state index contributed by atoms with van der Waals surface area (Å²) in [4.78, 5) is 24.3. The van der Waals surface area contributed by atoms with Crippen LogP contribution < -0.4 is 15.6 Å². The fourth-order valence-corrected chi connectivity index (χ4v) is 2.82. The minimum Gasteiger partial charge on any atom is -0.494 e. The molecule has 0 fully saturated rings. The number of nitrogens with one attached hydrogen (secondary N) is 1. The summed E-state index contributed by atoms with van der Waals surface area (Å²) in [5.74, 6) is 0.623. The van der Waals surface area contributed by atoms with E-state index in [1.54, 1.807) is 12.1 Å². The Morgan fingerprint density at radius 3 is 2.61 bits per heavy atom. The lowest BCUT2D eigenvalue weighted by Gasteiger charge is -2.09. The van der Waals surface area contributed by atoms with Crippen LogP contribution in [0.1, 0.15) is 22.8 Å². The normalized spacial score (nSPS) is 10.5. The van der Waals surface area contributed by atoms with Gasteiger partial charge in [0.15, 0.2) is 0 Å². The van der Waals surface area contributed by atoms with Gasteiger partial charge >= 0.3 is 0 Å². The summed E-state index contributed by atoms with van der Waals surface area (Å²) in [5.41, 5.74) is 2.99. The zero-order valence-corrected chi connectivity index (χ0v) is 16.0. The van der Waals surface area contributed by atoms with E-state index in [-0.39, 0.29) is 11.5 Å². The van der Waals surface area contributed by atoms with Crippen molar-refractivity contribution in [2.45, 2.75) is 20.4 Å². The van der Waals surface area contributed by atoms with Crippen LogP contribution in [-0.4, -0.2) is 28.8 Å². The van der Waals surface area contributed by atoms with E-state index in [4.69, 9.17) is 4.74 Å². The van der Waals surface area contributed by atoms with E-state index in [2.05, 4.69) is 10.4 Å². The number of rotatable bonds is 7. The Kier molecular flexibility index (Phi) is 6.22. The van der Waals surface area contributed by atoms with Gasteiger partial charge in [-0.05, 0) is 56.3 Å². The van der Waals surface area contributed by atoms with E-state index in [9.17, 15) is 9.59 Å². The second-order valence-electron chi connectivity index (χ2n) is 6.36. The van der Waals surface area contributed by atoms with E-state index in [1.165, 1.54) is 10.7 Å². The highest BCUT2D eigenvalue weighted by Crippen LogP contribution is 2.19. The molecule has 0 unspecified atom stereocenters. The number of carbonyl (C=O) groups is 1. The third-order valence-electron chi connectivity index (χ3n) is 4.22. The molecule has 1 amide bonds. The summed E-state index contributed by atoms with van der Waals surface area (Å²) in [7, 11) is 0. The van der Waals surface area contributed by atoms with Crippen LogP contribution in [0.5, 0.6) is 5.75 Å². The molecule has 6 heteroatoms. The van der Waals surface area contributed by atoms with Gasteiger partial charge in [0.2, 0.25) is 0 Å². The number of ether oxygens (including phenoxy) is 1. The Labute approximate surface area is 163 Å². The molecule has 28 heavy (non-hydrogen) atoms. The van der Waals surface area contributed by atoms with Gasteiger partial charge in [0, 0.05) is 23.7 Å². The summed E-state index contributed by atoms with van der Waals surface area (Å²) in [6.07, 6.45) is 0. The van der Waals surface area contributed by atoms with Crippen LogP contribution in [0.4, 0.5) is 0 Å². The highest BCUT2D eigenvalue weighted by Gasteiger charge is 2.07. The molecule has 0 atom stereocenters. The first kappa shape index (κ1) is 19.4. The highest BCUT2D eigenvalue weighted by atomic mass is 16.5. The molecule has 6 nitrogen and oxygen atoms in total. The Balaban J connectivity index is 1.66. The van der Waals surface area contributed by atoms with Crippen molar-refractivity contribution in [3.8, 4) is 17.0 Å². The van der Waals surface area contributed by atoms with E-state index in [0.29, 0.717) is 31.0 Å². The van der Waals surface area contributed by atoms with Gasteiger partial charge < -0.3 is 10.1 Å². The van der Waals surface area contributed by atoms with Crippen LogP contribution in [0.15, 0.2) is 65.5 Å². The molecule has 2 aromatic carbocycles. The number of aromatic nitrogens is 2. The van der Waals surface area contributed by atoms with Crippen molar-refractivity contribution in [1.82, 2.24) is 15.1 Å². The molecule has 3 aromatic rings. The molecule has 1 aromatic heterocycles. The molecule has 0 spiro atoms. The molecule has 0 radical (unpaired) electrons. The van der Waals surface area contributed by atoms with Crippen molar-refractivity contribution >= 4 is 5.91 Å². The van der Waals surface area contributed by atoms with Crippen LogP contribution in [-0.2, 0) is 6.54 Å². The van der Waals surface area contributed by atoms with Gasteiger partial charge in [-0.1, -0.05) is 17.7 Å². The average molecular weight is 377 g/mol. The molecule has 1 N–H and O–H groups in total. The van der Waals surface area contributed by atoms with Crippen LogP contribution in [0.3, 0.4) is 0 Å². The van der Waals surface area contributed by atoms with Crippen molar-refractivity contribution < 1.29 is 9.53 Å². The fraction of sp³-hybridized carbons (Fsp3) is 0.227. The van der Waals surface area contributed by atoms with Crippen molar-refractivity contribution in [3.05, 3.63) is 82.1 Å². The van der Waals surface area contributed by atoms with Crippen molar-refractivity contribution in [3.63, 3.8) is 0 Å². The first-order valence-corrected chi connectivity index (χ1v) is 9.23. The van der Waals surface area contributed by atoms with Gasteiger partial charge in [0.25, 0.3) is 11.5 Å². The van der Waals surface area contributed by atoms with Crippen LogP contribution in [0.25, 0.3) is 11.3 Å². The summed E-state index contributed by atoms with van der Waals surface area (Å²) in [6.45, 7) is 5.08. The standard InChI is InChI=1S/C22H23N3O3/c1-3-28-19-9-7-17(8-10-19)20-11-12-21(26)25(24-20)14-13-23-22(27)18-6-4-5-16(2)15-18/h4-12,15H,3,13-14H2,1-2H3,(H,23,27). The molecule has 0 bridgehead atoms. The SMILES string of the molecule is CCOc1ccc(-c2ccc(=O)n(CCNC(=O)c3cccc(C)c3)n2)cc1. The van der Waals surface area contributed by atoms with Gasteiger partial charge in [0.05, 0.1) is 18.8 Å². The molecule has 0 aliphatic carbocycles.